The van der Waals surface area contributed by atoms with Gasteiger partial charge in [-0.25, -0.2) is 9.59 Å². The van der Waals surface area contributed by atoms with Crippen molar-refractivity contribution in [1.29, 1.82) is 0 Å². The van der Waals surface area contributed by atoms with Gasteiger partial charge in [-0.3, -0.25) is 9.59 Å². The monoisotopic (exact) mass is 480 g/mol. The molecule has 34 heavy (non-hydrogen) atoms. The Morgan fingerprint density at radius 3 is 1.32 bits per heavy atom. The molecule has 192 valence electrons. The highest BCUT2D eigenvalue weighted by Gasteiger charge is 2.58. The molecule has 0 aromatic carbocycles. The molecule has 0 unspecified atom stereocenters. The van der Waals surface area contributed by atoms with Crippen LogP contribution < -0.4 is 0 Å². The average molecular weight is 481 g/mol. The molecule has 0 spiro atoms. The summed E-state index contributed by atoms with van der Waals surface area (Å²) in [4.78, 5) is 49.1. The van der Waals surface area contributed by atoms with Crippen LogP contribution in [0.25, 0.3) is 0 Å². The standard InChI is InChI=1S/C26H40O8/c1-23(2,3)33-21(29)14-31-19(27)12-25-8-17-7-18(9-25)11-26(10-17,16-25)13-20(28)32-15-22(30)34-24(4,5)6/h17-18H,7-16H2,1-6H3. The molecule has 0 aliphatic heterocycles. The van der Waals surface area contributed by atoms with Crippen LogP contribution in [0.1, 0.15) is 92.9 Å². The maximum Gasteiger partial charge on any atom is 0.344 e. The van der Waals surface area contributed by atoms with Gasteiger partial charge in [0.2, 0.25) is 0 Å². The van der Waals surface area contributed by atoms with Crippen molar-refractivity contribution >= 4 is 23.9 Å². The van der Waals surface area contributed by atoms with E-state index in [9.17, 15) is 19.2 Å². The predicted octanol–water partition coefficient (Wildman–Crippen LogP) is 4.12. The third-order valence-corrected chi connectivity index (χ3v) is 6.88. The molecular weight excluding hydrogens is 440 g/mol. The number of ether oxygens (including phenoxy) is 4. The average Bonchev–Trinajstić information content (AvgIpc) is 2.60. The third-order valence-electron chi connectivity index (χ3n) is 6.88. The Morgan fingerprint density at radius 1 is 0.647 bits per heavy atom. The topological polar surface area (TPSA) is 105 Å². The lowest BCUT2D eigenvalue weighted by molar-refractivity contribution is -0.176. The van der Waals surface area contributed by atoms with Crippen molar-refractivity contribution in [2.24, 2.45) is 22.7 Å². The van der Waals surface area contributed by atoms with Crippen LogP contribution in [0.3, 0.4) is 0 Å². The highest BCUT2D eigenvalue weighted by molar-refractivity contribution is 5.78. The number of carbonyl (C=O) groups excluding carboxylic acids is 4. The number of hydrogen-bond donors (Lipinski definition) is 0. The summed E-state index contributed by atoms with van der Waals surface area (Å²) in [5.74, 6) is -0.964. The minimum atomic E-state index is -0.631. The second-order valence-corrected chi connectivity index (χ2v) is 12.8. The van der Waals surface area contributed by atoms with E-state index in [1.807, 2.05) is 0 Å². The summed E-state index contributed by atoms with van der Waals surface area (Å²) in [5, 5.41) is 0. The molecule has 0 heterocycles. The fourth-order valence-corrected chi connectivity index (χ4v) is 6.80. The van der Waals surface area contributed by atoms with Crippen molar-refractivity contribution < 1.29 is 38.1 Å². The first kappa shape index (κ1) is 26.5. The van der Waals surface area contributed by atoms with Crippen LogP contribution in [-0.4, -0.2) is 48.3 Å². The van der Waals surface area contributed by atoms with Crippen LogP contribution in [0.2, 0.25) is 0 Å². The summed E-state index contributed by atoms with van der Waals surface area (Å²) >= 11 is 0. The van der Waals surface area contributed by atoms with E-state index >= 15 is 0 Å². The van der Waals surface area contributed by atoms with E-state index in [2.05, 4.69) is 0 Å². The molecule has 4 aliphatic carbocycles. The molecule has 0 amide bonds. The molecule has 8 nitrogen and oxygen atoms in total. The van der Waals surface area contributed by atoms with E-state index in [0.29, 0.717) is 11.8 Å². The molecule has 0 N–H and O–H groups in total. The SMILES string of the molecule is CC(C)(C)OC(=O)COC(=O)CC12CC3CC(C1)CC(CC(=O)OCC(=O)OC(C)(C)C)(C3)C2. The second-order valence-electron chi connectivity index (χ2n) is 12.8. The number of esters is 4. The number of hydrogen-bond acceptors (Lipinski definition) is 8. The first-order valence-corrected chi connectivity index (χ1v) is 12.3. The van der Waals surface area contributed by atoms with Gasteiger partial charge < -0.3 is 18.9 Å². The summed E-state index contributed by atoms with van der Waals surface area (Å²) < 4.78 is 20.9. The van der Waals surface area contributed by atoms with Crippen LogP contribution in [0.5, 0.6) is 0 Å². The van der Waals surface area contributed by atoms with Gasteiger partial charge in [-0.15, -0.1) is 0 Å². The van der Waals surface area contributed by atoms with Crippen molar-refractivity contribution in [3.05, 3.63) is 0 Å². The fourth-order valence-electron chi connectivity index (χ4n) is 6.80. The van der Waals surface area contributed by atoms with Gasteiger partial charge in [-0.2, -0.15) is 0 Å². The minimum absolute atomic E-state index is 0.208. The quantitative estimate of drug-likeness (QED) is 0.377. The molecule has 4 saturated carbocycles. The Morgan fingerprint density at radius 2 is 1.00 bits per heavy atom. The Balaban J connectivity index is 1.55. The molecule has 0 radical (unpaired) electrons. The Hall–Kier alpha value is -2.12. The second kappa shape index (κ2) is 9.50. The van der Waals surface area contributed by atoms with E-state index in [1.165, 1.54) is 0 Å². The third kappa shape index (κ3) is 7.44. The van der Waals surface area contributed by atoms with Gasteiger partial charge in [0, 0.05) is 0 Å². The summed E-state index contributed by atoms with van der Waals surface area (Å²) in [6.07, 6.45) is 6.16. The number of rotatable bonds is 8. The Bertz CT molecular complexity index is 738. The van der Waals surface area contributed by atoms with Crippen LogP contribution >= 0.6 is 0 Å². The first-order valence-electron chi connectivity index (χ1n) is 12.3. The van der Waals surface area contributed by atoms with Crippen LogP contribution in [0.4, 0.5) is 0 Å². The highest BCUT2D eigenvalue weighted by Crippen LogP contribution is 2.67. The van der Waals surface area contributed by atoms with E-state index in [4.69, 9.17) is 18.9 Å². The van der Waals surface area contributed by atoms with Crippen molar-refractivity contribution in [1.82, 2.24) is 0 Å². The number of carbonyl (C=O) groups is 4. The zero-order valence-electron chi connectivity index (χ0n) is 21.5. The van der Waals surface area contributed by atoms with E-state index in [1.54, 1.807) is 41.5 Å². The lowest BCUT2D eigenvalue weighted by Gasteiger charge is -2.62. The van der Waals surface area contributed by atoms with Gasteiger partial charge in [0.25, 0.3) is 0 Å². The van der Waals surface area contributed by atoms with Crippen molar-refractivity contribution in [2.75, 3.05) is 13.2 Å². The van der Waals surface area contributed by atoms with Gasteiger partial charge in [-0.05, 0) is 103 Å². The summed E-state index contributed by atoms with van der Waals surface area (Å²) in [6.45, 7) is 9.81. The maximum atomic E-state index is 12.6. The predicted molar refractivity (Wildman–Crippen MR) is 122 cm³/mol. The molecule has 0 aromatic rings. The highest BCUT2D eigenvalue weighted by atomic mass is 16.6. The van der Waals surface area contributed by atoms with Crippen molar-refractivity contribution in [3.63, 3.8) is 0 Å². The van der Waals surface area contributed by atoms with Crippen LogP contribution in [-0.2, 0) is 38.1 Å². The molecule has 0 saturated heterocycles. The maximum absolute atomic E-state index is 12.6. The fraction of sp³-hybridized carbons (Fsp3) is 0.846. The van der Waals surface area contributed by atoms with Gasteiger partial charge in [0.05, 0.1) is 12.8 Å². The largest absolute Gasteiger partial charge is 0.457 e. The first-order chi connectivity index (χ1) is 15.6. The molecule has 4 bridgehead atoms. The molecule has 0 aromatic heterocycles. The van der Waals surface area contributed by atoms with Gasteiger partial charge in [-0.1, -0.05) is 0 Å². The Labute approximate surface area is 202 Å². The summed E-state index contributed by atoms with van der Waals surface area (Å²) in [5.41, 5.74) is -1.68. The van der Waals surface area contributed by atoms with E-state index in [-0.39, 0.29) is 36.9 Å². The molecule has 4 rings (SSSR count). The van der Waals surface area contributed by atoms with Gasteiger partial charge in [0.1, 0.15) is 11.2 Å². The minimum Gasteiger partial charge on any atom is -0.457 e. The van der Waals surface area contributed by atoms with Crippen molar-refractivity contribution in [2.45, 2.75) is 104 Å². The summed E-state index contributed by atoms with van der Waals surface area (Å²) in [7, 11) is 0. The molecule has 4 fully saturated rings. The Kier molecular flexibility index (Phi) is 7.40. The van der Waals surface area contributed by atoms with Crippen molar-refractivity contribution in [3.8, 4) is 0 Å². The van der Waals surface area contributed by atoms with E-state index < -0.39 is 35.1 Å². The van der Waals surface area contributed by atoms with E-state index in [0.717, 1.165) is 38.5 Å². The summed E-state index contributed by atoms with van der Waals surface area (Å²) in [6, 6.07) is 0. The zero-order valence-corrected chi connectivity index (χ0v) is 21.5. The van der Waals surface area contributed by atoms with Gasteiger partial charge in [0.15, 0.2) is 13.2 Å². The molecule has 0 atom stereocenters. The molecule has 8 heteroatoms. The lowest BCUT2D eigenvalue weighted by Crippen LogP contribution is -2.53. The van der Waals surface area contributed by atoms with Crippen LogP contribution in [0.15, 0.2) is 0 Å². The molecular formula is C26H40O8. The van der Waals surface area contributed by atoms with Gasteiger partial charge >= 0.3 is 23.9 Å². The van der Waals surface area contributed by atoms with Crippen LogP contribution in [0, 0.1) is 22.7 Å². The normalized spacial score (nSPS) is 29.9. The zero-order chi connectivity index (χ0) is 25.4. The smallest absolute Gasteiger partial charge is 0.344 e. The lowest BCUT2D eigenvalue weighted by atomic mass is 9.43. The molecule has 4 aliphatic rings.